The minimum atomic E-state index is -1.75. The molecule has 0 saturated carbocycles. The predicted molar refractivity (Wildman–Crippen MR) is 145 cm³/mol. The van der Waals surface area contributed by atoms with E-state index in [1.807, 2.05) is 6.07 Å². The number of carbonyl (C=O) groups excluding carboxylic acids is 3. The van der Waals surface area contributed by atoms with E-state index in [1.165, 1.54) is 12.5 Å². The van der Waals surface area contributed by atoms with Gasteiger partial charge in [-0.05, 0) is 24.8 Å². The van der Waals surface area contributed by atoms with Gasteiger partial charge < -0.3 is 47.9 Å². The first-order valence-electron chi connectivity index (χ1n) is 12.7. The maximum atomic E-state index is 13.4. The number of nitrogens with zero attached hydrogens (tertiary/aromatic N) is 1. The molecule has 0 spiro atoms. The van der Waals surface area contributed by atoms with E-state index in [0.717, 1.165) is 5.56 Å². The van der Waals surface area contributed by atoms with E-state index < -0.39 is 60.2 Å². The van der Waals surface area contributed by atoms with Crippen LogP contribution in [0.1, 0.15) is 30.5 Å². The van der Waals surface area contributed by atoms with Gasteiger partial charge in [-0.2, -0.15) is 0 Å². The number of carboxylic acid groups (broad SMARTS) is 2. The highest BCUT2D eigenvalue weighted by Crippen LogP contribution is 2.06. The number of hydrogen-bond acceptors (Lipinski definition) is 8. The summed E-state index contributed by atoms with van der Waals surface area (Å²) in [5.41, 5.74) is 12.5. The molecule has 0 bridgehead atoms. The SMILES string of the molecule is N=C(N)NCCC[C@H](NC(=O)[C@@H](N)Cc1ccccc1)C(=O)N[C@H](Cc1c[nH]cn1)C(=O)N[C@@H](CC(=O)O)C(=O)O. The zero-order valence-corrected chi connectivity index (χ0v) is 22.1. The average Bonchev–Trinajstić information content (AvgIpc) is 3.42. The van der Waals surface area contributed by atoms with Crippen LogP contribution in [0.15, 0.2) is 42.9 Å². The standard InChI is InChI=1S/C25H35N9O7/c26-16(9-14-5-2-1-3-6-14)21(37)32-17(7-4-8-30-25(27)28)22(38)33-18(10-15-12-29-13-31-15)23(39)34-19(24(40)41)11-20(35)36/h1-3,5-6,12-13,16-19H,4,7-11,26H2,(H,29,31)(H,32,37)(H,33,38)(H,34,39)(H,35,36)(H,40,41)(H4,27,28,30)/t16-,17-,18+,19-/m0/s1. The van der Waals surface area contributed by atoms with Crippen molar-refractivity contribution in [1.29, 1.82) is 5.41 Å². The molecule has 0 aliphatic heterocycles. The van der Waals surface area contributed by atoms with Gasteiger partial charge in [-0.15, -0.1) is 0 Å². The Morgan fingerprint density at radius 3 is 2.15 bits per heavy atom. The molecule has 0 saturated heterocycles. The number of aromatic amines is 1. The van der Waals surface area contributed by atoms with Gasteiger partial charge in [0.05, 0.1) is 24.5 Å². The van der Waals surface area contributed by atoms with Crippen LogP contribution in [0.5, 0.6) is 0 Å². The maximum absolute atomic E-state index is 13.4. The number of carboxylic acids is 2. The van der Waals surface area contributed by atoms with Gasteiger partial charge in [0.15, 0.2) is 5.96 Å². The van der Waals surface area contributed by atoms with Crippen LogP contribution in [-0.2, 0) is 36.8 Å². The molecular formula is C25H35N9O7. The van der Waals surface area contributed by atoms with E-state index in [-0.39, 0.29) is 31.8 Å². The Bertz CT molecular complexity index is 1190. The lowest BCUT2D eigenvalue weighted by Crippen LogP contribution is -2.58. The van der Waals surface area contributed by atoms with Crippen LogP contribution in [0.25, 0.3) is 0 Å². The van der Waals surface area contributed by atoms with Crippen LogP contribution in [0.4, 0.5) is 0 Å². The average molecular weight is 574 g/mol. The lowest BCUT2D eigenvalue weighted by atomic mass is 10.0. The minimum absolute atomic E-state index is 0.0728. The summed E-state index contributed by atoms with van der Waals surface area (Å²) in [7, 11) is 0. The van der Waals surface area contributed by atoms with Gasteiger partial charge in [0.2, 0.25) is 17.7 Å². The first kappa shape index (κ1) is 32.2. The molecule has 2 aromatic rings. The van der Waals surface area contributed by atoms with Crippen molar-refractivity contribution in [2.24, 2.45) is 11.5 Å². The number of nitrogens with one attached hydrogen (secondary N) is 6. The number of rotatable bonds is 17. The number of amides is 3. The second-order valence-electron chi connectivity index (χ2n) is 9.16. The molecule has 1 aromatic carbocycles. The third-order valence-corrected chi connectivity index (χ3v) is 5.85. The van der Waals surface area contributed by atoms with E-state index in [4.69, 9.17) is 22.0 Å². The second-order valence-corrected chi connectivity index (χ2v) is 9.16. The molecule has 2 rings (SSSR count). The van der Waals surface area contributed by atoms with E-state index in [0.29, 0.717) is 12.1 Å². The number of H-pyrrole nitrogens is 1. The first-order valence-corrected chi connectivity index (χ1v) is 12.7. The molecule has 222 valence electrons. The zero-order chi connectivity index (χ0) is 30.4. The molecule has 1 aromatic heterocycles. The lowest BCUT2D eigenvalue weighted by molar-refractivity contribution is -0.147. The van der Waals surface area contributed by atoms with Crippen molar-refractivity contribution in [3.8, 4) is 0 Å². The van der Waals surface area contributed by atoms with Crippen molar-refractivity contribution >= 4 is 35.6 Å². The molecule has 1 heterocycles. The fraction of sp³-hybridized carbons (Fsp3) is 0.400. The topological polar surface area (TPSA) is 278 Å². The lowest BCUT2D eigenvalue weighted by Gasteiger charge is -2.25. The number of guanidine groups is 1. The Labute approximate surface area is 235 Å². The summed E-state index contributed by atoms with van der Waals surface area (Å²) in [4.78, 5) is 68.5. The van der Waals surface area contributed by atoms with Crippen LogP contribution in [0.3, 0.4) is 0 Å². The number of hydrogen-bond donors (Lipinski definition) is 10. The van der Waals surface area contributed by atoms with Gasteiger partial charge in [0.1, 0.15) is 18.1 Å². The summed E-state index contributed by atoms with van der Waals surface area (Å²) in [6.45, 7) is 0.220. The monoisotopic (exact) mass is 573 g/mol. The van der Waals surface area contributed by atoms with Crippen LogP contribution in [0.2, 0.25) is 0 Å². The van der Waals surface area contributed by atoms with Gasteiger partial charge in [0.25, 0.3) is 0 Å². The smallest absolute Gasteiger partial charge is 0.326 e. The Morgan fingerprint density at radius 1 is 0.927 bits per heavy atom. The first-order chi connectivity index (χ1) is 19.5. The summed E-state index contributed by atoms with van der Waals surface area (Å²) in [6, 6.07) is 3.76. The Kier molecular flexibility index (Phi) is 12.7. The molecule has 0 aliphatic rings. The summed E-state index contributed by atoms with van der Waals surface area (Å²) in [6.07, 6.45) is 2.33. The van der Waals surface area contributed by atoms with Gasteiger partial charge >= 0.3 is 11.9 Å². The fourth-order valence-electron chi connectivity index (χ4n) is 3.78. The number of nitrogens with two attached hydrogens (primary N) is 2. The van der Waals surface area contributed by atoms with Gasteiger partial charge in [-0.25, -0.2) is 9.78 Å². The van der Waals surface area contributed by atoms with E-state index in [2.05, 4.69) is 31.2 Å². The molecule has 16 heteroatoms. The van der Waals surface area contributed by atoms with E-state index >= 15 is 0 Å². The highest BCUT2D eigenvalue weighted by Gasteiger charge is 2.31. The van der Waals surface area contributed by atoms with Gasteiger partial charge in [-0.3, -0.25) is 24.6 Å². The van der Waals surface area contributed by atoms with Crippen LogP contribution in [0, 0.1) is 5.41 Å². The van der Waals surface area contributed by atoms with Crippen LogP contribution < -0.4 is 32.7 Å². The van der Waals surface area contributed by atoms with Crippen LogP contribution >= 0.6 is 0 Å². The second kappa shape index (κ2) is 16.2. The van der Waals surface area contributed by atoms with Crippen LogP contribution in [-0.4, -0.2) is 86.5 Å². The molecular weight excluding hydrogens is 538 g/mol. The molecule has 16 nitrogen and oxygen atoms in total. The predicted octanol–water partition coefficient (Wildman–Crippen LogP) is -2.20. The highest BCUT2D eigenvalue weighted by atomic mass is 16.4. The molecule has 0 radical (unpaired) electrons. The Morgan fingerprint density at radius 2 is 1.56 bits per heavy atom. The molecule has 0 aliphatic carbocycles. The van der Waals surface area contributed by atoms with Crippen molar-refractivity contribution in [2.45, 2.75) is 56.3 Å². The van der Waals surface area contributed by atoms with E-state index in [1.54, 1.807) is 24.3 Å². The van der Waals surface area contributed by atoms with Crippen molar-refractivity contribution in [3.05, 3.63) is 54.1 Å². The van der Waals surface area contributed by atoms with Gasteiger partial charge in [-0.1, -0.05) is 30.3 Å². The zero-order valence-electron chi connectivity index (χ0n) is 22.1. The highest BCUT2D eigenvalue weighted by molar-refractivity contribution is 5.94. The third-order valence-electron chi connectivity index (χ3n) is 5.85. The molecule has 12 N–H and O–H groups in total. The summed E-state index contributed by atoms with van der Waals surface area (Å²) in [5.74, 6) is -5.63. The van der Waals surface area contributed by atoms with E-state index in [9.17, 15) is 29.1 Å². The summed E-state index contributed by atoms with van der Waals surface area (Å²) < 4.78 is 0. The minimum Gasteiger partial charge on any atom is -0.481 e. The van der Waals surface area contributed by atoms with Crippen molar-refractivity contribution < 1.29 is 34.2 Å². The number of imidazole rings is 1. The molecule has 0 unspecified atom stereocenters. The van der Waals surface area contributed by atoms with Gasteiger partial charge in [0, 0.05) is 19.2 Å². The molecule has 4 atom stereocenters. The normalized spacial score (nSPS) is 13.6. The maximum Gasteiger partial charge on any atom is 0.326 e. The summed E-state index contributed by atoms with van der Waals surface area (Å²) >= 11 is 0. The number of aliphatic carboxylic acids is 2. The molecule has 3 amide bonds. The number of carbonyl (C=O) groups is 5. The fourth-order valence-corrected chi connectivity index (χ4v) is 3.78. The molecule has 41 heavy (non-hydrogen) atoms. The van der Waals surface area contributed by atoms with Crippen molar-refractivity contribution in [1.82, 2.24) is 31.2 Å². The summed E-state index contributed by atoms with van der Waals surface area (Å²) in [5, 5.41) is 35.4. The molecule has 0 fully saturated rings. The van der Waals surface area contributed by atoms with Crippen molar-refractivity contribution in [3.63, 3.8) is 0 Å². The Balaban J connectivity index is 2.19. The number of aromatic nitrogens is 2. The largest absolute Gasteiger partial charge is 0.481 e. The number of benzene rings is 1. The third kappa shape index (κ3) is 11.7. The Hall–Kier alpha value is -4.99. The van der Waals surface area contributed by atoms with Crippen molar-refractivity contribution in [2.75, 3.05) is 6.54 Å². The quantitative estimate of drug-likeness (QED) is 0.0550.